The second kappa shape index (κ2) is 7.11. The molecule has 0 aliphatic heterocycles. The summed E-state index contributed by atoms with van der Waals surface area (Å²) < 4.78 is 2.17. The summed E-state index contributed by atoms with van der Waals surface area (Å²) in [4.78, 5) is 0. The van der Waals surface area contributed by atoms with E-state index in [2.05, 4.69) is 68.1 Å². The van der Waals surface area contributed by atoms with Crippen LogP contribution in [0.4, 0.5) is 0 Å². The van der Waals surface area contributed by atoms with E-state index < -0.39 is 0 Å². The quantitative estimate of drug-likeness (QED) is 0.804. The summed E-state index contributed by atoms with van der Waals surface area (Å²) in [7, 11) is 0. The number of benzene rings is 1. The Morgan fingerprint density at radius 2 is 1.88 bits per heavy atom. The summed E-state index contributed by atoms with van der Waals surface area (Å²) in [6.07, 6.45) is 0.841. The fourth-order valence-corrected chi connectivity index (χ4v) is 2.86. The van der Waals surface area contributed by atoms with Crippen LogP contribution in [0.15, 0.2) is 27.1 Å². The van der Waals surface area contributed by atoms with Gasteiger partial charge in [0.15, 0.2) is 0 Å². The van der Waals surface area contributed by atoms with Gasteiger partial charge in [-0.15, -0.1) is 11.8 Å². The van der Waals surface area contributed by atoms with Crippen molar-refractivity contribution >= 4 is 31.9 Å². The lowest BCUT2D eigenvalue weighted by atomic mass is 10.0. The maximum Gasteiger partial charge on any atom is 0.0431 e. The number of nitrogens with one attached hydrogen (secondary N) is 1. The summed E-state index contributed by atoms with van der Waals surface area (Å²) >= 11 is 7.01. The minimum absolute atomic E-state index is 0.297. The average molecular weight is 345 g/mol. The molecule has 0 heterocycles. The van der Waals surface area contributed by atoms with Gasteiger partial charge in [-0.05, 0) is 37.2 Å². The molecule has 0 saturated carbocycles. The molecule has 1 aromatic rings. The molecule has 3 heteroatoms. The Hall–Kier alpha value is -0.300. The third-order valence-corrected chi connectivity index (χ3v) is 3.14. The molecule has 1 unspecified atom stereocenters. The van der Waals surface area contributed by atoms with Crippen LogP contribution >= 0.6 is 31.9 Å². The minimum Gasteiger partial charge on any atom is -0.309 e. The third kappa shape index (κ3) is 4.29. The molecule has 0 aromatic heterocycles. The predicted molar refractivity (Wildman–Crippen MR) is 76.3 cm³/mol. The van der Waals surface area contributed by atoms with Gasteiger partial charge in [0.1, 0.15) is 0 Å². The Morgan fingerprint density at radius 1 is 1.25 bits per heavy atom. The van der Waals surface area contributed by atoms with Crippen molar-refractivity contribution in [3.8, 4) is 11.8 Å². The summed E-state index contributed by atoms with van der Waals surface area (Å²) in [5.74, 6) is 6.07. The maximum atomic E-state index is 3.51. The Balaban J connectivity index is 2.93. The smallest absolute Gasteiger partial charge is 0.0431 e. The standard InChI is InChI=1S/C13H15Br2N/c1-3-5-6-13(16-4-2)10-7-11(14)9-12(15)8-10/h7-9,13,16H,4,6H2,1-2H3. The second-order valence-electron chi connectivity index (χ2n) is 3.44. The zero-order valence-electron chi connectivity index (χ0n) is 9.48. The third-order valence-electron chi connectivity index (χ3n) is 2.22. The topological polar surface area (TPSA) is 12.0 Å². The molecule has 0 aliphatic rings. The summed E-state index contributed by atoms with van der Waals surface area (Å²) in [6.45, 7) is 4.93. The van der Waals surface area contributed by atoms with Gasteiger partial charge in [0, 0.05) is 21.4 Å². The van der Waals surface area contributed by atoms with Crippen LogP contribution in [0.3, 0.4) is 0 Å². The first-order valence-corrected chi connectivity index (χ1v) is 6.85. The van der Waals surface area contributed by atoms with Crippen LogP contribution in [-0.2, 0) is 0 Å². The lowest BCUT2D eigenvalue weighted by molar-refractivity contribution is 0.564. The molecule has 1 rings (SSSR count). The molecular formula is C13H15Br2N. The first-order valence-electron chi connectivity index (χ1n) is 5.26. The van der Waals surface area contributed by atoms with Crippen LogP contribution in [0, 0.1) is 11.8 Å². The Morgan fingerprint density at radius 3 is 2.38 bits per heavy atom. The molecule has 0 aliphatic carbocycles. The van der Waals surface area contributed by atoms with E-state index in [1.54, 1.807) is 0 Å². The molecular weight excluding hydrogens is 330 g/mol. The van der Waals surface area contributed by atoms with E-state index in [1.807, 2.05) is 13.0 Å². The highest BCUT2D eigenvalue weighted by molar-refractivity contribution is 9.11. The van der Waals surface area contributed by atoms with Crippen LogP contribution in [-0.4, -0.2) is 6.54 Å². The maximum absolute atomic E-state index is 3.51. The van der Waals surface area contributed by atoms with E-state index in [4.69, 9.17) is 0 Å². The summed E-state index contributed by atoms with van der Waals surface area (Å²) in [5, 5.41) is 3.44. The molecule has 0 saturated heterocycles. The number of rotatable bonds is 4. The molecule has 0 fully saturated rings. The van der Waals surface area contributed by atoms with Gasteiger partial charge in [-0.1, -0.05) is 38.8 Å². The Labute approximate surface area is 114 Å². The molecule has 0 spiro atoms. The van der Waals surface area contributed by atoms with Gasteiger partial charge in [-0.25, -0.2) is 0 Å². The van der Waals surface area contributed by atoms with Crippen LogP contribution < -0.4 is 5.32 Å². The molecule has 1 nitrogen and oxygen atoms in total. The van der Waals surface area contributed by atoms with E-state index in [0.717, 1.165) is 21.9 Å². The minimum atomic E-state index is 0.297. The van der Waals surface area contributed by atoms with E-state index >= 15 is 0 Å². The van der Waals surface area contributed by atoms with Gasteiger partial charge in [-0.3, -0.25) is 0 Å². The van der Waals surface area contributed by atoms with Gasteiger partial charge < -0.3 is 5.32 Å². The van der Waals surface area contributed by atoms with Crippen molar-refractivity contribution in [1.82, 2.24) is 5.32 Å². The molecule has 0 radical (unpaired) electrons. The van der Waals surface area contributed by atoms with E-state index in [0.29, 0.717) is 6.04 Å². The highest BCUT2D eigenvalue weighted by atomic mass is 79.9. The van der Waals surface area contributed by atoms with Crippen LogP contribution in [0.1, 0.15) is 31.9 Å². The molecule has 1 atom stereocenters. The molecule has 86 valence electrons. The monoisotopic (exact) mass is 343 g/mol. The number of hydrogen-bond donors (Lipinski definition) is 1. The SMILES string of the molecule is CC#CCC(NCC)c1cc(Br)cc(Br)c1. The molecule has 1 N–H and O–H groups in total. The van der Waals surface area contributed by atoms with Crippen molar-refractivity contribution in [2.45, 2.75) is 26.3 Å². The lowest BCUT2D eigenvalue weighted by Gasteiger charge is -2.16. The lowest BCUT2D eigenvalue weighted by Crippen LogP contribution is -2.20. The highest BCUT2D eigenvalue weighted by Gasteiger charge is 2.10. The van der Waals surface area contributed by atoms with Crippen LogP contribution in [0.5, 0.6) is 0 Å². The van der Waals surface area contributed by atoms with Gasteiger partial charge >= 0.3 is 0 Å². The van der Waals surface area contributed by atoms with Crippen molar-refractivity contribution < 1.29 is 0 Å². The van der Waals surface area contributed by atoms with Gasteiger partial charge in [0.25, 0.3) is 0 Å². The average Bonchev–Trinajstić information content (AvgIpc) is 2.22. The normalized spacial score (nSPS) is 11.8. The zero-order valence-corrected chi connectivity index (χ0v) is 12.7. The van der Waals surface area contributed by atoms with Gasteiger partial charge in [-0.2, -0.15) is 0 Å². The molecule has 0 amide bonds. The van der Waals surface area contributed by atoms with Crippen LogP contribution in [0.2, 0.25) is 0 Å². The Bertz CT molecular complexity index is 384. The fraction of sp³-hybridized carbons (Fsp3) is 0.385. The van der Waals surface area contributed by atoms with Crippen molar-refractivity contribution in [1.29, 1.82) is 0 Å². The predicted octanol–water partition coefficient (Wildman–Crippen LogP) is 4.28. The van der Waals surface area contributed by atoms with E-state index in [1.165, 1.54) is 5.56 Å². The van der Waals surface area contributed by atoms with Crippen molar-refractivity contribution in [2.75, 3.05) is 6.54 Å². The summed E-state index contributed by atoms with van der Waals surface area (Å²) in [5.41, 5.74) is 1.26. The second-order valence-corrected chi connectivity index (χ2v) is 5.28. The zero-order chi connectivity index (χ0) is 12.0. The highest BCUT2D eigenvalue weighted by Crippen LogP contribution is 2.25. The molecule has 0 bridgehead atoms. The first kappa shape index (κ1) is 13.8. The largest absolute Gasteiger partial charge is 0.309 e. The van der Waals surface area contributed by atoms with Crippen molar-refractivity contribution in [3.05, 3.63) is 32.7 Å². The Kier molecular flexibility index (Phi) is 6.12. The molecule has 1 aromatic carbocycles. The van der Waals surface area contributed by atoms with Gasteiger partial charge in [0.2, 0.25) is 0 Å². The van der Waals surface area contributed by atoms with E-state index in [-0.39, 0.29) is 0 Å². The van der Waals surface area contributed by atoms with Crippen molar-refractivity contribution in [3.63, 3.8) is 0 Å². The fourth-order valence-electron chi connectivity index (χ4n) is 1.53. The summed E-state index contributed by atoms with van der Waals surface area (Å²) in [6, 6.07) is 6.61. The van der Waals surface area contributed by atoms with E-state index in [9.17, 15) is 0 Å². The van der Waals surface area contributed by atoms with Gasteiger partial charge in [0.05, 0.1) is 0 Å². The first-order chi connectivity index (χ1) is 7.67. The number of halogens is 2. The molecule has 16 heavy (non-hydrogen) atoms. The number of hydrogen-bond acceptors (Lipinski definition) is 1. The van der Waals surface area contributed by atoms with Crippen molar-refractivity contribution in [2.24, 2.45) is 0 Å². The van der Waals surface area contributed by atoms with Crippen LogP contribution in [0.25, 0.3) is 0 Å².